The van der Waals surface area contributed by atoms with Gasteiger partial charge in [0.15, 0.2) is 0 Å². The number of ether oxygens (including phenoxy) is 1. The van der Waals surface area contributed by atoms with E-state index in [1.54, 1.807) is 0 Å². The minimum absolute atomic E-state index is 0.304. The van der Waals surface area contributed by atoms with Crippen LogP contribution < -0.4 is 5.73 Å². The number of carbonyl (C=O) groups is 1. The monoisotopic (exact) mass is 229 g/mol. The zero-order chi connectivity index (χ0) is 13.4. The molecule has 0 heterocycles. The summed E-state index contributed by atoms with van der Waals surface area (Å²) in [4.78, 5) is 19.6. The number of esters is 1. The molecule has 0 aliphatic rings. The largest absolute Gasteiger partial charge is 0.724 e. The molecule has 0 saturated heterocycles. The Morgan fingerprint density at radius 1 is 1.44 bits per heavy atom. The molecule has 16 heavy (non-hydrogen) atoms. The van der Waals surface area contributed by atoms with Crippen LogP contribution in [-0.4, -0.2) is 23.7 Å². The summed E-state index contributed by atoms with van der Waals surface area (Å²) in [5.74, 6) is 0.115. The number of hydrogen-bond donors (Lipinski definition) is 1. The Morgan fingerprint density at radius 3 is 2.06 bits per heavy atom. The second-order valence-corrected chi connectivity index (χ2v) is 4.86. The fraction of sp³-hybridized carbons (Fsp3) is 0.818. The molecule has 0 unspecified atom stereocenters. The van der Waals surface area contributed by atoms with Gasteiger partial charge in [0.2, 0.25) is 0 Å². The third-order valence-electron chi connectivity index (χ3n) is 1.43. The molecule has 5 heteroatoms. The summed E-state index contributed by atoms with van der Waals surface area (Å²) in [5.41, 5.74) is 5.21. The molecule has 0 bridgehead atoms. The molecule has 5 nitrogen and oxygen atoms in total. The Hall–Kier alpha value is -1.19. The number of rotatable bonds is 3. The van der Waals surface area contributed by atoms with Crippen LogP contribution >= 0.6 is 0 Å². The lowest BCUT2D eigenvalue weighted by Gasteiger charge is -2.22. The highest BCUT2D eigenvalue weighted by molar-refractivity contribution is 5.75. The topological polar surface area (TPSA) is 91.7 Å². The molecule has 2 N–H and O–H groups in total. The maximum Gasteiger partial charge on any atom is 0.323 e. The van der Waals surface area contributed by atoms with Gasteiger partial charge in [0, 0.05) is 0 Å². The Bertz CT molecular complexity index is 238. The third-order valence-corrected chi connectivity index (χ3v) is 1.43. The molecule has 0 spiro atoms. The smallest absolute Gasteiger partial charge is 0.323 e. The summed E-state index contributed by atoms with van der Waals surface area (Å²) in [6.07, 6.45) is 1.18. The molecule has 0 aliphatic heterocycles. The summed E-state index contributed by atoms with van der Waals surface area (Å²) in [5, 5.41) is 6.76. The van der Waals surface area contributed by atoms with Crippen LogP contribution in [0.15, 0.2) is 0 Å². The van der Waals surface area contributed by atoms with Gasteiger partial charge >= 0.3 is 5.97 Å². The average Bonchev–Trinajstić information content (AvgIpc) is 2.00. The first-order valence-corrected chi connectivity index (χ1v) is 5.13. The summed E-state index contributed by atoms with van der Waals surface area (Å²) in [7, 11) is 0. The highest BCUT2D eigenvalue weighted by atomic mass is 16.6. The van der Waals surface area contributed by atoms with E-state index < -0.39 is 11.6 Å². The minimum atomic E-state index is -0.487. The summed E-state index contributed by atoms with van der Waals surface area (Å²) in [6, 6.07) is -0.487. The van der Waals surface area contributed by atoms with Crippen molar-refractivity contribution in [2.24, 2.45) is 11.7 Å². The predicted octanol–water partition coefficient (Wildman–Crippen LogP) is 1.59. The highest BCUT2D eigenvalue weighted by Gasteiger charge is 2.22. The molecule has 0 fully saturated rings. The third kappa shape index (κ3) is 12.8. The molecule has 0 rings (SSSR count). The molecule has 94 valence electrons. The molecule has 0 aromatic heterocycles. The first kappa shape index (κ1) is 17.2. The van der Waals surface area contributed by atoms with Gasteiger partial charge in [-0.25, -0.2) is 0 Å². The lowest BCUT2D eigenvalue weighted by molar-refractivity contribution is -0.156. The zero-order valence-electron chi connectivity index (χ0n) is 10.6. The van der Waals surface area contributed by atoms with E-state index in [9.17, 15) is 4.79 Å². The van der Waals surface area contributed by atoms with Crippen LogP contribution in [0.3, 0.4) is 0 Å². The lowest BCUT2D eigenvalue weighted by Crippen LogP contribution is -2.38. The van der Waals surface area contributed by atoms with E-state index in [-0.39, 0.29) is 5.97 Å². The average molecular weight is 229 g/mol. The summed E-state index contributed by atoms with van der Waals surface area (Å²) >= 11 is 0. The van der Waals surface area contributed by atoms with Crippen molar-refractivity contribution >= 4 is 12.0 Å². The summed E-state index contributed by atoms with van der Waals surface area (Å²) < 4.78 is 5.14. The highest BCUT2D eigenvalue weighted by Crippen LogP contribution is 2.11. The Labute approximate surface area is 96.9 Å². The number of nitrogens with zero attached hydrogens (tertiary/aromatic N) is 1. The van der Waals surface area contributed by atoms with E-state index in [4.69, 9.17) is 20.7 Å². The van der Waals surface area contributed by atoms with Crippen LogP contribution in [-0.2, 0) is 14.3 Å². The molecule has 0 aliphatic carbocycles. The van der Waals surface area contributed by atoms with Gasteiger partial charge in [-0.1, -0.05) is 13.8 Å². The van der Waals surface area contributed by atoms with Crippen molar-refractivity contribution in [2.75, 3.05) is 0 Å². The second kappa shape index (κ2) is 8.02. The fourth-order valence-corrected chi connectivity index (χ4v) is 0.982. The van der Waals surface area contributed by atoms with Gasteiger partial charge in [-0.3, -0.25) is 9.59 Å². The van der Waals surface area contributed by atoms with Crippen molar-refractivity contribution in [3.8, 4) is 0 Å². The van der Waals surface area contributed by atoms with Crippen molar-refractivity contribution in [1.82, 2.24) is 0 Å². The van der Waals surface area contributed by atoms with Crippen molar-refractivity contribution in [1.29, 1.82) is 0 Å². The van der Waals surface area contributed by atoms with E-state index in [1.807, 2.05) is 34.6 Å². The maximum absolute atomic E-state index is 11.3. The van der Waals surface area contributed by atoms with Crippen molar-refractivity contribution in [2.45, 2.75) is 52.7 Å². The second-order valence-electron chi connectivity index (χ2n) is 4.86. The quantitative estimate of drug-likeness (QED) is 0.452. The van der Waals surface area contributed by atoms with E-state index in [2.05, 4.69) is 0 Å². The van der Waals surface area contributed by atoms with Gasteiger partial charge in [0.1, 0.15) is 11.6 Å². The van der Waals surface area contributed by atoms with Crippen molar-refractivity contribution in [3.05, 3.63) is 5.41 Å². The van der Waals surface area contributed by atoms with Gasteiger partial charge < -0.3 is 15.9 Å². The molecule has 0 amide bonds. The first-order valence-electron chi connectivity index (χ1n) is 5.13. The number of nitrogens with two attached hydrogens (primary N) is 1. The number of carbonyl (C=O) groups excluding carboxylic acids is 2. The van der Waals surface area contributed by atoms with Gasteiger partial charge in [0.05, 0.1) is 0 Å². The molecule has 0 aromatic carbocycles. The van der Waals surface area contributed by atoms with Crippen LogP contribution in [0.5, 0.6) is 0 Å². The normalized spacial score (nSPS) is 12.2. The van der Waals surface area contributed by atoms with Crippen LogP contribution in [0.4, 0.5) is 0 Å². The van der Waals surface area contributed by atoms with Gasteiger partial charge in [-0.2, -0.15) is 0 Å². The SMILES string of the molecule is CC(C)C[C@H](N)C(=O)OC(C)(C)C.[N-]=C=O. The molecular weight excluding hydrogens is 208 g/mol. The lowest BCUT2D eigenvalue weighted by atomic mass is 10.0. The van der Waals surface area contributed by atoms with E-state index in [0.717, 1.165) is 0 Å². The molecule has 1 atom stereocenters. The van der Waals surface area contributed by atoms with Crippen LogP contribution in [0, 0.1) is 5.92 Å². The fourth-order valence-electron chi connectivity index (χ4n) is 0.982. The molecule has 0 radical (unpaired) electrons. The molecule has 0 saturated carbocycles. The van der Waals surface area contributed by atoms with Crippen LogP contribution in [0.2, 0.25) is 0 Å². The van der Waals surface area contributed by atoms with Crippen LogP contribution in [0.25, 0.3) is 5.41 Å². The standard InChI is InChI=1S/C10H21NO2.CNO/c1-7(2)6-8(11)9(12)13-10(3,4)5;2-1-3/h7-8H,6,11H2,1-5H3;/q;-1/t8-;/m0./s1. The van der Waals surface area contributed by atoms with Crippen molar-refractivity contribution in [3.63, 3.8) is 0 Å². The predicted molar refractivity (Wildman–Crippen MR) is 62.3 cm³/mol. The summed E-state index contributed by atoms with van der Waals surface area (Å²) in [6.45, 7) is 9.58. The minimum Gasteiger partial charge on any atom is -0.724 e. The van der Waals surface area contributed by atoms with Crippen molar-refractivity contribution < 1.29 is 14.3 Å². The van der Waals surface area contributed by atoms with E-state index in [0.29, 0.717) is 18.4 Å². The first-order chi connectivity index (χ1) is 7.14. The molecule has 0 aromatic rings. The maximum atomic E-state index is 11.3. The van der Waals surface area contributed by atoms with E-state index >= 15 is 0 Å². The number of isocyanates is 1. The van der Waals surface area contributed by atoms with E-state index in [1.165, 1.54) is 0 Å². The van der Waals surface area contributed by atoms with Crippen LogP contribution in [0.1, 0.15) is 41.0 Å². The zero-order valence-corrected chi connectivity index (χ0v) is 10.6. The molecular formula is C11H21N2O3-. The Balaban J connectivity index is 0. The van der Waals surface area contributed by atoms with Gasteiger partial charge in [-0.15, -0.1) is 0 Å². The van der Waals surface area contributed by atoms with Gasteiger partial charge in [-0.05, 0) is 39.2 Å². The Kier molecular flexibility index (Phi) is 8.63. The van der Waals surface area contributed by atoms with Gasteiger partial charge in [0.25, 0.3) is 0 Å². The number of hydrogen-bond acceptors (Lipinski definition) is 4. The Morgan fingerprint density at radius 2 is 1.81 bits per heavy atom.